The number of hydrogen-bond donors (Lipinski definition) is 0. The highest BCUT2D eigenvalue weighted by molar-refractivity contribution is 6.33. The fraction of sp³-hybridized carbons (Fsp3) is 0.103. The molecule has 37 heavy (non-hydrogen) atoms. The Morgan fingerprint density at radius 3 is 2.43 bits per heavy atom. The van der Waals surface area contributed by atoms with Gasteiger partial charge < -0.3 is 14.1 Å². The number of rotatable bonds is 8. The van der Waals surface area contributed by atoms with E-state index < -0.39 is 5.82 Å². The molecular weight excluding hydrogens is 493 g/mol. The molecule has 0 aliphatic carbocycles. The minimum Gasteiger partial charge on any atom is -0.467 e. The largest absolute Gasteiger partial charge is 0.467 e. The van der Waals surface area contributed by atoms with Gasteiger partial charge in [0.05, 0.1) is 35.5 Å². The highest BCUT2D eigenvalue weighted by atomic mass is 35.5. The van der Waals surface area contributed by atoms with Crippen LogP contribution in [0.2, 0.25) is 5.02 Å². The molecule has 0 N–H and O–H groups in total. The Labute approximate surface area is 218 Å². The van der Waals surface area contributed by atoms with E-state index in [4.69, 9.17) is 20.8 Å². The van der Waals surface area contributed by atoms with E-state index in [1.165, 1.54) is 6.07 Å². The predicted molar refractivity (Wildman–Crippen MR) is 139 cm³/mol. The van der Waals surface area contributed by atoms with Crippen LogP contribution in [-0.2, 0) is 20.1 Å². The molecule has 0 unspecified atom stereocenters. The van der Waals surface area contributed by atoms with Crippen LogP contribution in [-0.4, -0.2) is 20.6 Å². The van der Waals surface area contributed by atoms with Gasteiger partial charge in [-0.05, 0) is 36.4 Å². The normalized spacial score (nSPS) is 10.9. The third kappa shape index (κ3) is 5.27. The first-order valence-corrected chi connectivity index (χ1v) is 12.0. The van der Waals surface area contributed by atoms with Crippen LogP contribution in [0.1, 0.15) is 21.7 Å². The molecule has 0 aliphatic heterocycles. The lowest BCUT2D eigenvalue weighted by atomic mass is 10.1. The Bertz CT molecular complexity index is 1520. The Morgan fingerprint density at radius 2 is 1.70 bits per heavy atom. The summed E-state index contributed by atoms with van der Waals surface area (Å²) in [5.74, 6) is 0.182. The SMILES string of the molecule is Cn1nc(-c2ccccc2)c(CN(Cc2ccco2)C(=O)c2ccccc2Cl)c1Oc1ccccc1F. The first-order chi connectivity index (χ1) is 18.0. The summed E-state index contributed by atoms with van der Waals surface area (Å²) in [5.41, 5.74) is 2.42. The van der Waals surface area contributed by atoms with Gasteiger partial charge in [-0.25, -0.2) is 9.07 Å². The lowest BCUT2D eigenvalue weighted by Crippen LogP contribution is -2.30. The summed E-state index contributed by atoms with van der Waals surface area (Å²) in [4.78, 5) is 15.4. The van der Waals surface area contributed by atoms with Gasteiger partial charge in [0.15, 0.2) is 11.6 Å². The average Bonchev–Trinajstić information content (AvgIpc) is 3.53. The van der Waals surface area contributed by atoms with Crippen molar-refractivity contribution < 1.29 is 18.3 Å². The molecule has 5 aromatic rings. The molecule has 2 aromatic heterocycles. The van der Waals surface area contributed by atoms with E-state index in [2.05, 4.69) is 5.10 Å². The molecule has 186 valence electrons. The maximum Gasteiger partial charge on any atom is 0.256 e. The van der Waals surface area contributed by atoms with Crippen molar-refractivity contribution in [3.05, 3.63) is 125 Å². The summed E-state index contributed by atoms with van der Waals surface area (Å²) in [6.07, 6.45) is 1.56. The number of nitrogens with zero attached hydrogens (tertiary/aromatic N) is 3. The maximum absolute atomic E-state index is 14.5. The number of para-hydroxylation sites is 1. The molecule has 3 aromatic carbocycles. The number of carbonyl (C=O) groups is 1. The number of halogens is 2. The van der Waals surface area contributed by atoms with E-state index in [1.54, 1.807) is 77.5 Å². The molecule has 0 saturated heterocycles. The van der Waals surface area contributed by atoms with Crippen LogP contribution in [0.4, 0.5) is 4.39 Å². The second kappa shape index (κ2) is 10.7. The van der Waals surface area contributed by atoms with Crippen molar-refractivity contribution in [2.45, 2.75) is 13.1 Å². The van der Waals surface area contributed by atoms with Crippen LogP contribution in [0.5, 0.6) is 11.6 Å². The van der Waals surface area contributed by atoms with Crippen LogP contribution >= 0.6 is 11.6 Å². The molecule has 0 bridgehead atoms. The van der Waals surface area contributed by atoms with Crippen LogP contribution < -0.4 is 4.74 Å². The van der Waals surface area contributed by atoms with Gasteiger partial charge >= 0.3 is 0 Å². The maximum atomic E-state index is 14.5. The minimum atomic E-state index is -0.504. The standard InChI is InChI=1S/C29H23ClFN3O3/c1-33-29(37-26-16-8-7-15-25(26)31)23(27(32-33)20-10-3-2-4-11-20)19-34(18-21-12-9-17-36-21)28(35)22-13-5-6-14-24(22)30/h2-17H,18-19H2,1H3. The quantitative estimate of drug-likeness (QED) is 0.221. The number of hydrogen-bond acceptors (Lipinski definition) is 4. The summed E-state index contributed by atoms with van der Waals surface area (Å²) in [6, 6.07) is 26.2. The Hall–Kier alpha value is -4.36. The van der Waals surface area contributed by atoms with Crippen molar-refractivity contribution in [3.63, 3.8) is 0 Å². The Morgan fingerprint density at radius 1 is 0.973 bits per heavy atom. The van der Waals surface area contributed by atoms with E-state index >= 15 is 0 Å². The minimum absolute atomic E-state index is 0.0568. The van der Waals surface area contributed by atoms with Gasteiger partial charge in [-0.2, -0.15) is 5.10 Å². The molecule has 0 atom stereocenters. The molecule has 0 fully saturated rings. The number of aryl methyl sites for hydroxylation is 1. The van der Waals surface area contributed by atoms with Crippen LogP contribution in [0.15, 0.2) is 102 Å². The summed E-state index contributed by atoms with van der Waals surface area (Å²) in [6.45, 7) is 0.284. The summed E-state index contributed by atoms with van der Waals surface area (Å²) < 4.78 is 27.7. The molecule has 0 spiro atoms. The number of amides is 1. The van der Waals surface area contributed by atoms with Gasteiger partial charge in [0.25, 0.3) is 5.91 Å². The third-order valence-corrected chi connectivity index (χ3v) is 6.18. The zero-order chi connectivity index (χ0) is 25.8. The molecule has 1 amide bonds. The van der Waals surface area contributed by atoms with Crippen molar-refractivity contribution in [1.29, 1.82) is 0 Å². The van der Waals surface area contributed by atoms with Crippen LogP contribution in [0, 0.1) is 5.82 Å². The number of furan rings is 1. The fourth-order valence-electron chi connectivity index (χ4n) is 4.07. The molecule has 5 rings (SSSR count). The molecule has 8 heteroatoms. The monoisotopic (exact) mass is 515 g/mol. The van der Waals surface area contributed by atoms with Gasteiger partial charge in [-0.3, -0.25) is 4.79 Å². The van der Waals surface area contributed by atoms with E-state index in [0.717, 1.165) is 5.56 Å². The van der Waals surface area contributed by atoms with E-state index in [0.29, 0.717) is 33.5 Å². The molecule has 0 aliphatic rings. The van der Waals surface area contributed by atoms with E-state index in [-0.39, 0.29) is 24.7 Å². The first kappa shape index (κ1) is 24.3. The van der Waals surface area contributed by atoms with E-state index in [9.17, 15) is 9.18 Å². The average molecular weight is 516 g/mol. The number of benzene rings is 3. The lowest BCUT2D eigenvalue weighted by molar-refractivity contribution is 0.0717. The van der Waals surface area contributed by atoms with Gasteiger partial charge in [-0.1, -0.05) is 66.2 Å². The molecule has 0 saturated carbocycles. The molecule has 2 heterocycles. The fourth-order valence-corrected chi connectivity index (χ4v) is 4.28. The van der Waals surface area contributed by atoms with Crippen molar-refractivity contribution in [2.75, 3.05) is 0 Å². The van der Waals surface area contributed by atoms with Gasteiger partial charge in [-0.15, -0.1) is 0 Å². The van der Waals surface area contributed by atoms with Gasteiger partial charge in [0.1, 0.15) is 11.5 Å². The van der Waals surface area contributed by atoms with Crippen LogP contribution in [0.25, 0.3) is 11.3 Å². The Kier molecular flexibility index (Phi) is 7.05. The van der Waals surface area contributed by atoms with Crippen LogP contribution in [0.3, 0.4) is 0 Å². The molecule has 6 nitrogen and oxygen atoms in total. The predicted octanol–water partition coefficient (Wildman–Crippen LogP) is 7.11. The second-order valence-electron chi connectivity index (χ2n) is 8.37. The van der Waals surface area contributed by atoms with Gasteiger partial charge in [0, 0.05) is 12.6 Å². The lowest BCUT2D eigenvalue weighted by Gasteiger charge is -2.23. The smallest absolute Gasteiger partial charge is 0.256 e. The van der Waals surface area contributed by atoms with E-state index in [1.807, 2.05) is 30.3 Å². The number of ether oxygens (including phenoxy) is 1. The third-order valence-electron chi connectivity index (χ3n) is 5.85. The highest BCUT2D eigenvalue weighted by Gasteiger charge is 2.27. The molecular formula is C29H23ClFN3O3. The van der Waals surface area contributed by atoms with Gasteiger partial charge in [0.2, 0.25) is 5.88 Å². The Balaban J connectivity index is 1.61. The zero-order valence-electron chi connectivity index (χ0n) is 20.0. The number of carbonyl (C=O) groups excluding carboxylic acids is 1. The summed E-state index contributed by atoms with van der Waals surface area (Å²) in [5, 5.41) is 5.03. The zero-order valence-corrected chi connectivity index (χ0v) is 20.7. The second-order valence-corrected chi connectivity index (χ2v) is 8.78. The summed E-state index contributed by atoms with van der Waals surface area (Å²) in [7, 11) is 1.72. The molecule has 0 radical (unpaired) electrons. The first-order valence-electron chi connectivity index (χ1n) is 11.6. The van der Waals surface area contributed by atoms with Crippen molar-refractivity contribution in [3.8, 4) is 22.9 Å². The van der Waals surface area contributed by atoms with Crippen molar-refractivity contribution in [1.82, 2.24) is 14.7 Å². The van der Waals surface area contributed by atoms with Crippen molar-refractivity contribution in [2.24, 2.45) is 7.05 Å². The summed E-state index contributed by atoms with van der Waals surface area (Å²) >= 11 is 6.38. The van der Waals surface area contributed by atoms with Crippen molar-refractivity contribution >= 4 is 17.5 Å². The highest BCUT2D eigenvalue weighted by Crippen LogP contribution is 2.35. The topological polar surface area (TPSA) is 60.5 Å². The number of aromatic nitrogens is 2.